The molecule has 0 radical (unpaired) electrons. The molecule has 1 saturated heterocycles. The summed E-state index contributed by atoms with van der Waals surface area (Å²) < 4.78 is 5.03. The molecular weight excluding hydrogens is 278 g/mol. The van der Waals surface area contributed by atoms with Crippen molar-refractivity contribution in [1.29, 1.82) is 0 Å². The summed E-state index contributed by atoms with van der Waals surface area (Å²) in [6.45, 7) is 3.74. The summed E-state index contributed by atoms with van der Waals surface area (Å²) in [5, 5.41) is 9.22. The largest absolute Gasteiger partial charge is 0.504 e. The van der Waals surface area contributed by atoms with E-state index in [9.17, 15) is 14.7 Å². The van der Waals surface area contributed by atoms with Crippen molar-refractivity contribution in [2.45, 2.75) is 11.7 Å². The fourth-order valence-corrected chi connectivity index (χ4v) is 3.05. The van der Waals surface area contributed by atoms with Gasteiger partial charge in [0.1, 0.15) is 0 Å². The van der Waals surface area contributed by atoms with Gasteiger partial charge in [0.2, 0.25) is 5.91 Å². The fraction of sp³-hybridized carbons (Fsp3) is 0.286. The van der Waals surface area contributed by atoms with Gasteiger partial charge in [-0.05, 0) is 18.1 Å². The summed E-state index contributed by atoms with van der Waals surface area (Å²) in [5.74, 6) is 0.118. The Kier molecular flexibility index (Phi) is 4.34. The molecule has 1 aromatic rings. The molecule has 0 spiro atoms. The average Bonchev–Trinajstić information content (AvgIpc) is 2.69. The number of carbonyl (C=O) groups excluding carboxylic acids is 2. The molecule has 1 atom stereocenters. The van der Waals surface area contributed by atoms with Crippen molar-refractivity contribution in [1.82, 2.24) is 4.90 Å². The van der Waals surface area contributed by atoms with Gasteiger partial charge in [-0.25, -0.2) is 0 Å². The summed E-state index contributed by atoms with van der Waals surface area (Å²) >= 11 is 0.976. The van der Waals surface area contributed by atoms with Crippen LogP contribution in [0.15, 0.2) is 30.9 Å². The van der Waals surface area contributed by atoms with Gasteiger partial charge < -0.3 is 9.84 Å². The second kappa shape index (κ2) is 6.00. The number of thioether (sulfide) groups is 1. The Balaban J connectivity index is 2.17. The number of aromatic hydroxyl groups is 1. The number of phenolic OH excluding ortho intramolecular Hbond substituents is 1. The minimum absolute atomic E-state index is 0.0121. The Hall–Kier alpha value is -1.95. The Morgan fingerprint density at radius 2 is 2.25 bits per heavy atom. The van der Waals surface area contributed by atoms with Crippen molar-refractivity contribution < 1.29 is 19.4 Å². The van der Waals surface area contributed by atoms with Crippen LogP contribution in [0, 0.1) is 0 Å². The number of imide groups is 1. The van der Waals surface area contributed by atoms with E-state index in [2.05, 4.69) is 6.58 Å². The molecule has 20 heavy (non-hydrogen) atoms. The number of rotatable bonds is 5. The molecular formula is C14H15NO4S. The van der Waals surface area contributed by atoms with Crippen molar-refractivity contribution in [3.8, 4) is 11.5 Å². The van der Waals surface area contributed by atoms with E-state index in [0.717, 1.165) is 11.8 Å². The van der Waals surface area contributed by atoms with Gasteiger partial charge in [0, 0.05) is 6.54 Å². The van der Waals surface area contributed by atoms with Crippen molar-refractivity contribution in [2.24, 2.45) is 0 Å². The van der Waals surface area contributed by atoms with Crippen molar-refractivity contribution in [3.05, 3.63) is 36.4 Å². The van der Waals surface area contributed by atoms with Gasteiger partial charge in [0.05, 0.1) is 12.4 Å². The first-order valence-corrected chi connectivity index (χ1v) is 6.94. The lowest BCUT2D eigenvalue weighted by Gasteiger charge is -2.12. The molecule has 0 aromatic heterocycles. The molecule has 1 heterocycles. The number of methoxy groups -OCH3 is 1. The van der Waals surface area contributed by atoms with Gasteiger partial charge in [-0.2, -0.15) is 0 Å². The van der Waals surface area contributed by atoms with Crippen LogP contribution in [0.4, 0.5) is 4.79 Å². The van der Waals surface area contributed by atoms with Gasteiger partial charge in [0.15, 0.2) is 11.5 Å². The fourth-order valence-electron chi connectivity index (χ4n) is 2.02. The first-order valence-electron chi connectivity index (χ1n) is 6.06. The highest BCUT2D eigenvalue weighted by Crippen LogP contribution is 2.35. The van der Waals surface area contributed by atoms with Crippen LogP contribution in [0.5, 0.6) is 11.5 Å². The molecule has 0 bridgehead atoms. The molecule has 106 valence electrons. The quantitative estimate of drug-likeness (QED) is 0.843. The van der Waals surface area contributed by atoms with Crippen molar-refractivity contribution >= 4 is 22.9 Å². The Labute approximate surface area is 121 Å². The Morgan fingerprint density at radius 3 is 2.90 bits per heavy atom. The van der Waals surface area contributed by atoms with E-state index < -0.39 is 5.25 Å². The summed E-state index contributed by atoms with van der Waals surface area (Å²) in [6.07, 6.45) is 1.80. The molecule has 0 saturated carbocycles. The number of para-hydroxylation sites is 1. The molecule has 1 fully saturated rings. The standard InChI is InChI=1S/C14H15NO4S/c1-3-7-15-13(17)11(20-14(15)18)8-9-5-4-6-10(19-2)12(9)16/h3-6,11,16H,1,7-8H2,2H3/t11-/m0/s1. The molecule has 2 rings (SSSR count). The highest BCUT2D eigenvalue weighted by atomic mass is 32.2. The highest BCUT2D eigenvalue weighted by molar-refractivity contribution is 8.15. The van der Waals surface area contributed by atoms with Gasteiger partial charge in [-0.3, -0.25) is 14.5 Å². The van der Waals surface area contributed by atoms with E-state index in [4.69, 9.17) is 4.74 Å². The van der Waals surface area contributed by atoms with Gasteiger partial charge in [-0.1, -0.05) is 30.0 Å². The minimum Gasteiger partial charge on any atom is -0.504 e. The van der Waals surface area contributed by atoms with Crippen molar-refractivity contribution in [2.75, 3.05) is 13.7 Å². The van der Waals surface area contributed by atoms with E-state index >= 15 is 0 Å². The molecule has 1 aliphatic heterocycles. The van der Waals surface area contributed by atoms with E-state index in [0.29, 0.717) is 11.3 Å². The average molecular weight is 293 g/mol. The molecule has 1 aliphatic rings. The van der Waals surface area contributed by atoms with Gasteiger partial charge in [0.25, 0.3) is 5.24 Å². The molecule has 6 heteroatoms. The zero-order chi connectivity index (χ0) is 14.7. The van der Waals surface area contributed by atoms with Crippen LogP contribution in [-0.2, 0) is 11.2 Å². The van der Waals surface area contributed by atoms with E-state index in [1.54, 1.807) is 18.2 Å². The summed E-state index contributed by atoms with van der Waals surface area (Å²) in [4.78, 5) is 25.0. The third-order valence-corrected chi connectivity index (χ3v) is 4.10. The molecule has 0 unspecified atom stereocenters. The molecule has 1 aromatic carbocycles. The van der Waals surface area contributed by atoms with Gasteiger partial charge >= 0.3 is 0 Å². The minimum atomic E-state index is -0.513. The van der Waals surface area contributed by atoms with Crippen LogP contribution in [0.3, 0.4) is 0 Å². The third kappa shape index (κ3) is 2.65. The second-order valence-corrected chi connectivity index (χ2v) is 5.44. The van der Waals surface area contributed by atoms with Crippen LogP contribution < -0.4 is 4.74 Å². The SMILES string of the molecule is C=CCN1C(=O)S[C@@H](Cc2cccc(OC)c2O)C1=O. The monoisotopic (exact) mass is 293 g/mol. The topological polar surface area (TPSA) is 66.8 Å². The molecule has 1 N–H and O–H groups in total. The highest BCUT2D eigenvalue weighted by Gasteiger charge is 2.39. The lowest BCUT2D eigenvalue weighted by molar-refractivity contribution is -0.126. The molecule has 5 nitrogen and oxygen atoms in total. The Bertz CT molecular complexity index is 558. The number of benzene rings is 1. The summed E-state index contributed by atoms with van der Waals surface area (Å²) in [7, 11) is 1.46. The van der Waals surface area contributed by atoms with Crippen LogP contribution in [0.25, 0.3) is 0 Å². The lowest BCUT2D eigenvalue weighted by atomic mass is 10.1. The first kappa shape index (κ1) is 14.5. The summed E-state index contributed by atoms with van der Waals surface area (Å²) in [6, 6.07) is 5.09. The van der Waals surface area contributed by atoms with Crippen LogP contribution in [0.2, 0.25) is 0 Å². The predicted octanol–water partition coefficient (Wildman–Crippen LogP) is 2.19. The third-order valence-electron chi connectivity index (χ3n) is 3.02. The van der Waals surface area contributed by atoms with Gasteiger partial charge in [-0.15, -0.1) is 6.58 Å². The molecule has 2 amide bonds. The van der Waals surface area contributed by atoms with Crippen molar-refractivity contribution in [3.63, 3.8) is 0 Å². The van der Waals surface area contributed by atoms with E-state index in [-0.39, 0.29) is 29.9 Å². The maximum atomic E-state index is 12.1. The number of hydrogen-bond acceptors (Lipinski definition) is 5. The normalized spacial score (nSPS) is 18.4. The van der Waals surface area contributed by atoms with Crippen LogP contribution in [0.1, 0.15) is 5.56 Å². The number of hydrogen-bond donors (Lipinski definition) is 1. The van der Waals surface area contributed by atoms with Crippen LogP contribution >= 0.6 is 11.8 Å². The number of amides is 2. The predicted molar refractivity (Wildman–Crippen MR) is 77.0 cm³/mol. The smallest absolute Gasteiger partial charge is 0.289 e. The Morgan fingerprint density at radius 1 is 1.50 bits per heavy atom. The number of phenols is 1. The zero-order valence-electron chi connectivity index (χ0n) is 11.0. The summed E-state index contributed by atoms with van der Waals surface area (Å²) in [5.41, 5.74) is 0.587. The van der Waals surface area contributed by atoms with E-state index in [1.807, 2.05) is 0 Å². The number of carbonyl (C=O) groups is 2. The second-order valence-electron chi connectivity index (χ2n) is 4.28. The first-order chi connectivity index (χ1) is 9.58. The van der Waals surface area contributed by atoms with Crippen LogP contribution in [-0.4, -0.2) is 40.1 Å². The maximum Gasteiger partial charge on any atom is 0.289 e. The maximum absolute atomic E-state index is 12.1. The molecule has 0 aliphatic carbocycles. The lowest BCUT2D eigenvalue weighted by Crippen LogP contribution is -2.32. The van der Waals surface area contributed by atoms with E-state index in [1.165, 1.54) is 18.1 Å². The number of ether oxygens (including phenoxy) is 1. The zero-order valence-corrected chi connectivity index (χ0v) is 11.9. The number of nitrogens with zero attached hydrogens (tertiary/aromatic N) is 1.